The first-order chi connectivity index (χ1) is 38.5. The standard InChI is InChI=1S/C72H137NO5/c1-3-5-7-9-11-13-15-17-19-21-29-32-36-40-44-48-52-56-60-64-70(75)69(68-74)73-71(76)65-61-57-53-49-45-41-37-33-30-27-25-23-24-26-28-31-35-39-43-47-51-55-59-63-67-78-72(77)66-62-58-54-50-46-42-38-34-22-20-18-16-14-12-10-8-6-4-2/h14,16,20,22,60,64,69-70,74-75H,3-13,15,17-19,21,23-59,61-63,65-68H2,1-2H3,(H,73,76)/b16-14-,22-20-,64-60+. The fourth-order valence-corrected chi connectivity index (χ4v) is 11.0. The summed E-state index contributed by atoms with van der Waals surface area (Å²) in [4.78, 5) is 24.6. The maximum atomic E-state index is 12.5. The summed E-state index contributed by atoms with van der Waals surface area (Å²) < 4.78 is 5.50. The second kappa shape index (κ2) is 67.6. The molecule has 0 saturated carbocycles. The Morgan fingerprint density at radius 2 is 0.641 bits per heavy atom. The van der Waals surface area contributed by atoms with Crippen LogP contribution in [0.4, 0.5) is 0 Å². The molecule has 0 saturated heterocycles. The predicted octanol–water partition coefficient (Wildman–Crippen LogP) is 22.7. The molecule has 0 aromatic heterocycles. The van der Waals surface area contributed by atoms with Gasteiger partial charge in [0.2, 0.25) is 5.91 Å². The van der Waals surface area contributed by atoms with Crippen LogP contribution in [0.3, 0.4) is 0 Å². The molecule has 0 aromatic rings. The van der Waals surface area contributed by atoms with E-state index in [0.717, 1.165) is 51.4 Å². The van der Waals surface area contributed by atoms with Crippen LogP contribution < -0.4 is 5.32 Å². The lowest BCUT2D eigenvalue weighted by Crippen LogP contribution is -2.45. The van der Waals surface area contributed by atoms with E-state index in [2.05, 4.69) is 43.5 Å². The Labute approximate surface area is 487 Å². The Kier molecular flexibility index (Phi) is 65.9. The first kappa shape index (κ1) is 76.1. The Bertz CT molecular complexity index is 1260. The van der Waals surface area contributed by atoms with Gasteiger partial charge in [-0.05, 0) is 64.2 Å². The van der Waals surface area contributed by atoms with Gasteiger partial charge in [-0.2, -0.15) is 0 Å². The van der Waals surface area contributed by atoms with Gasteiger partial charge in [-0.25, -0.2) is 0 Å². The number of ether oxygens (including phenoxy) is 1. The van der Waals surface area contributed by atoms with Crippen LogP contribution in [-0.2, 0) is 14.3 Å². The van der Waals surface area contributed by atoms with E-state index in [4.69, 9.17) is 4.74 Å². The normalized spacial score (nSPS) is 12.7. The molecule has 78 heavy (non-hydrogen) atoms. The number of aliphatic hydroxyl groups is 2. The molecule has 0 aromatic carbocycles. The number of amides is 1. The number of nitrogens with one attached hydrogen (secondary N) is 1. The molecule has 0 aliphatic heterocycles. The Hall–Kier alpha value is -1.92. The van der Waals surface area contributed by atoms with Gasteiger partial charge < -0.3 is 20.3 Å². The molecule has 0 radical (unpaired) electrons. The van der Waals surface area contributed by atoms with Crippen molar-refractivity contribution in [2.75, 3.05) is 13.2 Å². The van der Waals surface area contributed by atoms with E-state index < -0.39 is 12.1 Å². The molecule has 0 heterocycles. The van der Waals surface area contributed by atoms with E-state index in [9.17, 15) is 19.8 Å². The summed E-state index contributed by atoms with van der Waals surface area (Å²) in [5.41, 5.74) is 0. The van der Waals surface area contributed by atoms with E-state index in [1.54, 1.807) is 6.08 Å². The number of carbonyl (C=O) groups excluding carboxylic acids is 2. The SMILES string of the molecule is CCCCCC/C=C\C/C=C\CCCCCCCCCC(=O)OCCCCCCCCCCCCCCCCCCCCCCCCCCC(=O)NC(CO)C(O)/C=C/CCCCCCCCCCCCCCCCCCC. The van der Waals surface area contributed by atoms with Gasteiger partial charge in [0.25, 0.3) is 0 Å². The minimum Gasteiger partial charge on any atom is -0.466 e. The third-order valence-electron chi connectivity index (χ3n) is 16.4. The molecule has 6 nitrogen and oxygen atoms in total. The average Bonchev–Trinajstić information content (AvgIpc) is 3.44. The highest BCUT2D eigenvalue weighted by molar-refractivity contribution is 5.76. The second-order valence-electron chi connectivity index (χ2n) is 24.2. The van der Waals surface area contributed by atoms with Crippen molar-refractivity contribution >= 4 is 11.9 Å². The van der Waals surface area contributed by atoms with Crippen molar-refractivity contribution < 1.29 is 24.5 Å². The smallest absolute Gasteiger partial charge is 0.305 e. The van der Waals surface area contributed by atoms with Crippen LogP contribution >= 0.6 is 0 Å². The summed E-state index contributed by atoms with van der Waals surface area (Å²) in [6, 6.07) is -0.628. The van der Waals surface area contributed by atoms with Gasteiger partial charge in [-0.3, -0.25) is 9.59 Å². The maximum absolute atomic E-state index is 12.5. The van der Waals surface area contributed by atoms with Crippen molar-refractivity contribution in [2.45, 2.75) is 398 Å². The van der Waals surface area contributed by atoms with Gasteiger partial charge in [0.1, 0.15) is 0 Å². The number of unbranched alkanes of at least 4 members (excludes halogenated alkanes) is 51. The molecule has 0 aliphatic carbocycles. The molecule has 0 aliphatic rings. The van der Waals surface area contributed by atoms with Gasteiger partial charge in [0.15, 0.2) is 0 Å². The lowest BCUT2D eigenvalue weighted by Gasteiger charge is -2.20. The van der Waals surface area contributed by atoms with Crippen LogP contribution in [0.15, 0.2) is 36.5 Å². The number of esters is 1. The first-order valence-electron chi connectivity index (χ1n) is 35.3. The Morgan fingerprint density at radius 1 is 0.359 bits per heavy atom. The zero-order chi connectivity index (χ0) is 56.4. The molecule has 0 fully saturated rings. The van der Waals surface area contributed by atoms with E-state index >= 15 is 0 Å². The van der Waals surface area contributed by atoms with Gasteiger partial charge in [-0.15, -0.1) is 0 Å². The largest absolute Gasteiger partial charge is 0.466 e. The molecule has 460 valence electrons. The van der Waals surface area contributed by atoms with Crippen molar-refractivity contribution in [3.8, 4) is 0 Å². The predicted molar refractivity (Wildman–Crippen MR) is 343 cm³/mol. The van der Waals surface area contributed by atoms with Crippen molar-refractivity contribution in [3.63, 3.8) is 0 Å². The first-order valence-corrected chi connectivity index (χ1v) is 35.3. The molecule has 3 N–H and O–H groups in total. The second-order valence-corrected chi connectivity index (χ2v) is 24.2. The minimum absolute atomic E-state index is 0.00817. The lowest BCUT2D eigenvalue weighted by molar-refractivity contribution is -0.143. The van der Waals surface area contributed by atoms with Gasteiger partial charge in [0, 0.05) is 12.8 Å². The number of aliphatic hydroxyl groups excluding tert-OH is 2. The van der Waals surface area contributed by atoms with Gasteiger partial charge in [0.05, 0.1) is 25.4 Å². The number of hydrogen-bond acceptors (Lipinski definition) is 5. The lowest BCUT2D eigenvalue weighted by atomic mass is 10.0. The van der Waals surface area contributed by atoms with Crippen molar-refractivity contribution in [3.05, 3.63) is 36.5 Å². The average molecular weight is 1100 g/mol. The fourth-order valence-electron chi connectivity index (χ4n) is 11.0. The Balaban J connectivity index is 3.39. The summed E-state index contributed by atoms with van der Waals surface area (Å²) in [5, 5.41) is 23.2. The summed E-state index contributed by atoms with van der Waals surface area (Å²) in [6.45, 7) is 4.92. The fraction of sp³-hybridized carbons (Fsp3) is 0.889. The van der Waals surface area contributed by atoms with Crippen LogP contribution in [0.2, 0.25) is 0 Å². The van der Waals surface area contributed by atoms with Crippen LogP contribution in [0, 0.1) is 0 Å². The Morgan fingerprint density at radius 3 is 0.987 bits per heavy atom. The summed E-state index contributed by atoms with van der Waals surface area (Å²) in [6.07, 6.45) is 86.4. The van der Waals surface area contributed by atoms with Crippen LogP contribution in [0.1, 0.15) is 386 Å². The summed E-state index contributed by atoms with van der Waals surface area (Å²) in [5.74, 6) is -0.0555. The third-order valence-corrected chi connectivity index (χ3v) is 16.4. The molecule has 2 unspecified atom stereocenters. The van der Waals surface area contributed by atoms with Crippen molar-refractivity contribution in [1.82, 2.24) is 5.32 Å². The third kappa shape index (κ3) is 63.3. The van der Waals surface area contributed by atoms with Gasteiger partial charge >= 0.3 is 5.97 Å². The topological polar surface area (TPSA) is 95.9 Å². The monoisotopic (exact) mass is 1100 g/mol. The number of rotatable bonds is 66. The summed E-state index contributed by atoms with van der Waals surface area (Å²) >= 11 is 0. The minimum atomic E-state index is -0.845. The molecule has 0 bridgehead atoms. The van der Waals surface area contributed by atoms with E-state index in [1.165, 1.54) is 308 Å². The number of carbonyl (C=O) groups is 2. The molecule has 1 amide bonds. The molecule has 0 spiro atoms. The highest BCUT2D eigenvalue weighted by atomic mass is 16.5. The van der Waals surface area contributed by atoms with E-state index in [-0.39, 0.29) is 18.5 Å². The number of hydrogen-bond donors (Lipinski definition) is 3. The number of allylic oxidation sites excluding steroid dienone is 5. The van der Waals surface area contributed by atoms with Crippen LogP contribution in [0.5, 0.6) is 0 Å². The molecule has 6 heteroatoms. The van der Waals surface area contributed by atoms with Crippen LogP contribution in [-0.4, -0.2) is 47.4 Å². The molecule has 2 atom stereocenters. The molecule has 0 rings (SSSR count). The van der Waals surface area contributed by atoms with Crippen molar-refractivity contribution in [2.24, 2.45) is 0 Å². The highest BCUT2D eigenvalue weighted by Gasteiger charge is 2.18. The van der Waals surface area contributed by atoms with Crippen molar-refractivity contribution in [1.29, 1.82) is 0 Å². The zero-order valence-corrected chi connectivity index (χ0v) is 52.7. The van der Waals surface area contributed by atoms with Crippen LogP contribution in [0.25, 0.3) is 0 Å². The van der Waals surface area contributed by atoms with E-state index in [1.807, 2.05) is 6.08 Å². The zero-order valence-electron chi connectivity index (χ0n) is 52.7. The van der Waals surface area contributed by atoms with E-state index in [0.29, 0.717) is 19.4 Å². The quantitative estimate of drug-likeness (QED) is 0.0320. The summed E-state index contributed by atoms with van der Waals surface area (Å²) in [7, 11) is 0. The molecular weight excluding hydrogens is 959 g/mol. The molecular formula is C72H137NO5. The maximum Gasteiger partial charge on any atom is 0.305 e. The van der Waals surface area contributed by atoms with Gasteiger partial charge in [-0.1, -0.05) is 346 Å². The highest BCUT2D eigenvalue weighted by Crippen LogP contribution is 2.19.